The summed E-state index contributed by atoms with van der Waals surface area (Å²) >= 11 is 3.77. The van der Waals surface area contributed by atoms with E-state index >= 15 is 0 Å². The molecule has 0 aliphatic rings. The Morgan fingerprint density at radius 3 is 1.02 bits per heavy atom. The van der Waals surface area contributed by atoms with Crippen molar-refractivity contribution in [3.63, 3.8) is 0 Å². The van der Waals surface area contributed by atoms with Crippen LogP contribution in [0, 0.1) is 0 Å². The fourth-order valence-corrected chi connectivity index (χ4v) is 9.55. The molecular formula is C56H38BBrO2. The molecule has 0 fully saturated rings. The van der Waals surface area contributed by atoms with Gasteiger partial charge in [0.05, 0.1) is 0 Å². The summed E-state index contributed by atoms with van der Waals surface area (Å²) in [5, 5.41) is 38.2. The lowest BCUT2D eigenvalue weighted by Gasteiger charge is -2.16. The summed E-state index contributed by atoms with van der Waals surface area (Å²) in [7, 11) is -1.34. The number of fused-ring (bicyclic) bond motifs is 16. The van der Waals surface area contributed by atoms with Crippen molar-refractivity contribution >= 4 is 115 Å². The molecule has 0 bridgehead atoms. The molecule has 0 unspecified atom stereocenters. The molecule has 12 aromatic rings. The molecule has 60 heavy (non-hydrogen) atoms. The second-order valence-electron chi connectivity index (χ2n) is 15.1. The molecule has 2 nitrogen and oxygen atoms in total. The minimum absolute atomic E-state index is 0.525. The average molecular weight is 834 g/mol. The van der Waals surface area contributed by atoms with Gasteiger partial charge in [0.15, 0.2) is 0 Å². The van der Waals surface area contributed by atoms with Crippen molar-refractivity contribution in [1.29, 1.82) is 0 Å². The second kappa shape index (κ2) is 16.1. The van der Waals surface area contributed by atoms with Crippen LogP contribution < -0.4 is 5.46 Å². The maximum atomic E-state index is 8.58. The number of hydrogen-bond donors (Lipinski definition) is 2. The third-order valence-corrected chi connectivity index (χ3v) is 12.3. The highest BCUT2D eigenvalue weighted by molar-refractivity contribution is 9.10. The highest BCUT2D eigenvalue weighted by atomic mass is 79.9. The lowest BCUT2D eigenvalue weighted by molar-refractivity contribution is 0.426. The SMILES string of the molecule is Brc1cc2c3ccccc3c3ccccc3c2c2ccccc12.OB(O)c1ccccc1.c1ccc(-c2cc3c4ccccc4c4ccccc4c3c3ccccc23)cc1. The summed E-state index contributed by atoms with van der Waals surface area (Å²) in [5.74, 6) is 0. The Kier molecular flexibility index (Phi) is 10.0. The molecule has 0 aromatic heterocycles. The van der Waals surface area contributed by atoms with Crippen molar-refractivity contribution in [2.24, 2.45) is 0 Å². The summed E-state index contributed by atoms with van der Waals surface area (Å²) in [5.41, 5.74) is 3.08. The van der Waals surface area contributed by atoms with E-state index in [0.717, 1.165) is 4.47 Å². The molecule has 4 heteroatoms. The highest BCUT2D eigenvalue weighted by Gasteiger charge is 2.15. The Labute approximate surface area is 356 Å². The van der Waals surface area contributed by atoms with Gasteiger partial charge in [0.25, 0.3) is 0 Å². The molecule has 12 aromatic carbocycles. The zero-order valence-electron chi connectivity index (χ0n) is 32.6. The Morgan fingerprint density at radius 2 is 0.583 bits per heavy atom. The predicted octanol–water partition coefficient (Wildman–Crippen LogP) is 14.4. The molecule has 284 valence electrons. The van der Waals surface area contributed by atoms with E-state index in [-0.39, 0.29) is 0 Å². The molecule has 2 N–H and O–H groups in total. The van der Waals surface area contributed by atoms with Gasteiger partial charge in [-0.1, -0.05) is 222 Å². The lowest BCUT2D eigenvalue weighted by atomic mass is 9.81. The van der Waals surface area contributed by atoms with Crippen LogP contribution in [0.4, 0.5) is 0 Å². The van der Waals surface area contributed by atoms with Crippen LogP contribution >= 0.6 is 15.9 Å². The summed E-state index contributed by atoms with van der Waals surface area (Å²) in [4.78, 5) is 0. The summed E-state index contributed by atoms with van der Waals surface area (Å²) in [6.07, 6.45) is 0. The van der Waals surface area contributed by atoms with E-state index in [4.69, 9.17) is 10.0 Å². The van der Waals surface area contributed by atoms with E-state index in [1.165, 1.54) is 97.3 Å². The molecule has 0 spiro atoms. The molecule has 0 saturated heterocycles. The topological polar surface area (TPSA) is 40.5 Å². The molecule has 12 rings (SSSR count). The molecule has 0 aliphatic heterocycles. The molecule has 0 aliphatic carbocycles. The first kappa shape index (κ1) is 37.5. The quantitative estimate of drug-likeness (QED) is 0.135. The molecule has 0 amide bonds. The standard InChI is InChI=1S/C28H18.C22H13Br.C6H7BO2/c1-2-10-19(11-3-1)26-18-27-22-14-5-4-12-20(22)21-13-6-8-16-24(21)28(27)25-17-9-7-15-23(25)26;23-21-13-20-16-9-2-1-7-14(16)15-8-3-5-11-18(15)22(20)19-12-6-4-10-17(19)21;8-7(9)6-4-2-1-3-5-6/h1-18H;1-13H;1-5,8-9H. The van der Waals surface area contributed by atoms with Gasteiger partial charge in [-0.05, 0) is 115 Å². The van der Waals surface area contributed by atoms with Gasteiger partial charge in [0.1, 0.15) is 0 Å². The summed E-state index contributed by atoms with van der Waals surface area (Å²) in [6.45, 7) is 0. The molecular weight excluding hydrogens is 795 g/mol. The van der Waals surface area contributed by atoms with Gasteiger partial charge >= 0.3 is 7.12 Å². The Balaban J connectivity index is 0.000000122. The first-order chi connectivity index (χ1) is 29.6. The lowest BCUT2D eigenvalue weighted by Crippen LogP contribution is -2.29. The average Bonchev–Trinajstić information content (AvgIpc) is 3.32. The zero-order valence-corrected chi connectivity index (χ0v) is 34.2. The van der Waals surface area contributed by atoms with E-state index in [1.807, 2.05) is 6.07 Å². The molecule has 0 saturated carbocycles. The first-order valence-corrected chi connectivity index (χ1v) is 21.0. The Hall–Kier alpha value is -6.82. The fourth-order valence-electron chi connectivity index (χ4n) is 8.97. The van der Waals surface area contributed by atoms with Crippen LogP contribution in [0.15, 0.2) is 223 Å². The van der Waals surface area contributed by atoms with Crippen LogP contribution in [0.2, 0.25) is 0 Å². The van der Waals surface area contributed by atoms with Crippen LogP contribution in [0.1, 0.15) is 0 Å². The fraction of sp³-hybridized carbons (Fsp3) is 0. The smallest absolute Gasteiger partial charge is 0.423 e. The molecule has 0 heterocycles. The van der Waals surface area contributed by atoms with E-state index in [2.05, 4.69) is 204 Å². The van der Waals surface area contributed by atoms with Crippen molar-refractivity contribution in [3.05, 3.63) is 223 Å². The third-order valence-electron chi connectivity index (χ3n) is 11.6. The first-order valence-electron chi connectivity index (χ1n) is 20.2. The van der Waals surface area contributed by atoms with Gasteiger partial charge in [-0.3, -0.25) is 0 Å². The number of rotatable bonds is 2. The van der Waals surface area contributed by atoms with Crippen molar-refractivity contribution in [2.75, 3.05) is 0 Å². The van der Waals surface area contributed by atoms with Crippen LogP contribution in [0.5, 0.6) is 0 Å². The number of hydrogen-bond acceptors (Lipinski definition) is 2. The van der Waals surface area contributed by atoms with Crippen molar-refractivity contribution in [1.82, 2.24) is 0 Å². The zero-order chi connectivity index (χ0) is 40.6. The maximum Gasteiger partial charge on any atom is 0.488 e. The molecule has 0 radical (unpaired) electrons. The van der Waals surface area contributed by atoms with Gasteiger partial charge in [-0.25, -0.2) is 0 Å². The Bertz CT molecular complexity index is 3530. The van der Waals surface area contributed by atoms with Crippen molar-refractivity contribution < 1.29 is 10.0 Å². The predicted molar refractivity (Wildman–Crippen MR) is 262 cm³/mol. The van der Waals surface area contributed by atoms with E-state index in [0.29, 0.717) is 5.46 Å². The second-order valence-corrected chi connectivity index (χ2v) is 15.9. The minimum Gasteiger partial charge on any atom is -0.423 e. The normalized spacial score (nSPS) is 11.2. The van der Waals surface area contributed by atoms with Crippen molar-refractivity contribution in [3.8, 4) is 11.1 Å². The van der Waals surface area contributed by atoms with Crippen LogP contribution in [-0.2, 0) is 0 Å². The largest absolute Gasteiger partial charge is 0.488 e. The van der Waals surface area contributed by atoms with E-state index < -0.39 is 7.12 Å². The molecule has 0 atom stereocenters. The number of benzene rings is 12. The van der Waals surface area contributed by atoms with Gasteiger partial charge in [0, 0.05) is 4.47 Å². The Morgan fingerprint density at radius 1 is 0.283 bits per heavy atom. The summed E-state index contributed by atoms with van der Waals surface area (Å²) in [6, 6.07) is 76.5. The number of halogens is 1. The highest BCUT2D eigenvalue weighted by Crippen LogP contribution is 2.43. The van der Waals surface area contributed by atoms with E-state index in [1.54, 1.807) is 24.3 Å². The van der Waals surface area contributed by atoms with Crippen molar-refractivity contribution in [2.45, 2.75) is 0 Å². The maximum absolute atomic E-state index is 8.58. The van der Waals surface area contributed by atoms with Gasteiger partial charge in [-0.15, -0.1) is 0 Å². The van der Waals surface area contributed by atoms with Gasteiger partial charge < -0.3 is 10.0 Å². The van der Waals surface area contributed by atoms with E-state index in [9.17, 15) is 0 Å². The summed E-state index contributed by atoms with van der Waals surface area (Å²) < 4.78 is 1.15. The monoisotopic (exact) mass is 832 g/mol. The minimum atomic E-state index is -1.34. The van der Waals surface area contributed by atoms with Crippen LogP contribution in [0.25, 0.3) is 97.3 Å². The van der Waals surface area contributed by atoms with Crippen LogP contribution in [0.3, 0.4) is 0 Å². The third kappa shape index (κ3) is 6.65. The van der Waals surface area contributed by atoms with Crippen LogP contribution in [-0.4, -0.2) is 17.2 Å². The van der Waals surface area contributed by atoms with Gasteiger partial charge in [0.2, 0.25) is 0 Å². The van der Waals surface area contributed by atoms with Gasteiger partial charge in [-0.2, -0.15) is 0 Å².